The Labute approximate surface area is 247 Å². The third-order valence-corrected chi connectivity index (χ3v) is 7.35. The van der Waals surface area contributed by atoms with Crippen molar-refractivity contribution in [1.29, 1.82) is 0 Å². The van der Waals surface area contributed by atoms with E-state index in [9.17, 15) is 10.3 Å². The van der Waals surface area contributed by atoms with Gasteiger partial charge in [-0.05, 0) is 47.8 Å². The first-order valence-corrected chi connectivity index (χ1v) is 14.1. The average Bonchev–Trinajstić information content (AvgIpc) is 3.37. The number of halogens is 1. The number of rotatable bonds is 14. The molecule has 214 valence electrons. The summed E-state index contributed by atoms with van der Waals surface area (Å²) in [5.41, 5.74) is 10.3. The molecule has 1 aliphatic rings. The smallest absolute Gasteiger partial charge is 0.252 e. The van der Waals surface area contributed by atoms with Crippen LogP contribution in [0.25, 0.3) is 10.4 Å². The van der Waals surface area contributed by atoms with Gasteiger partial charge in [0.15, 0.2) is 11.6 Å². The number of nitrogens with zero attached hydrogens (tertiary/aromatic N) is 4. The molecule has 2 atom stereocenters. The van der Waals surface area contributed by atoms with Gasteiger partial charge in [0.05, 0.1) is 6.61 Å². The van der Waals surface area contributed by atoms with Gasteiger partial charge in [0, 0.05) is 65.9 Å². The van der Waals surface area contributed by atoms with Crippen molar-refractivity contribution >= 4 is 33.4 Å². The number of aliphatic hydroxyl groups excluding tert-OH is 1. The molecule has 0 saturated carbocycles. The van der Waals surface area contributed by atoms with Gasteiger partial charge in [-0.15, -0.1) is 0 Å². The number of carbonyl (C=O) groups is 1. The summed E-state index contributed by atoms with van der Waals surface area (Å²) in [6.07, 6.45) is 0.485. The lowest BCUT2D eigenvalue weighted by atomic mass is 9.81. The molecule has 0 bridgehead atoms. The maximum atomic E-state index is 14.2. The number of aliphatic hydroxyl groups is 1. The fraction of sp³-hybridized carbons (Fsp3) is 0.333. The Morgan fingerprint density at radius 2 is 1.88 bits per heavy atom. The lowest BCUT2D eigenvalue weighted by molar-refractivity contribution is -0.129. The van der Waals surface area contributed by atoms with Crippen LogP contribution >= 0.6 is 15.9 Å². The Morgan fingerprint density at radius 1 is 1.12 bits per heavy atom. The monoisotopic (exact) mass is 621 g/mol. The van der Waals surface area contributed by atoms with Crippen molar-refractivity contribution in [2.75, 3.05) is 33.5 Å². The zero-order chi connectivity index (χ0) is 29.1. The van der Waals surface area contributed by atoms with Crippen LogP contribution in [0.2, 0.25) is 0 Å². The van der Waals surface area contributed by atoms with Crippen LogP contribution in [0.5, 0.6) is 5.75 Å². The van der Waals surface area contributed by atoms with Crippen LogP contribution < -0.4 is 10.1 Å². The van der Waals surface area contributed by atoms with Crippen LogP contribution in [0.3, 0.4) is 0 Å². The van der Waals surface area contributed by atoms with Crippen LogP contribution in [-0.2, 0) is 20.7 Å². The van der Waals surface area contributed by atoms with E-state index in [1.54, 1.807) is 31.4 Å². The highest BCUT2D eigenvalue weighted by atomic mass is 79.9. The maximum absolute atomic E-state index is 14.2. The average molecular weight is 623 g/mol. The van der Waals surface area contributed by atoms with E-state index in [4.69, 9.17) is 24.3 Å². The van der Waals surface area contributed by atoms with Gasteiger partial charge in [0.25, 0.3) is 5.91 Å². The first-order valence-electron chi connectivity index (χ1n) is 13.3. The molecule has 3 aromatic rings. The van der Waals surface area contributed by atoms with Crippen LogP contribution in [0.4, 0.5) is 5.69 Å². The number of ether oxygens (including phenoxy) is 3. The molecule has 0 aliphatic carbocycles. The molecule has 0 radical (unpaired) electrons. The van der Waals surface area contributed by atoms with Gasteiger partial charge in [-0.25, -0.2) is 4.99 Å². The van der Waals surface area contributed by atoms with Crippen molar-refractivity contribution in [2.24, 2.45) is 10.1 Å². The van der Waals surface area contributed by atoms with Crippen molar-refractivity contribution in [3.63, 3.8) is 0 Å². The number of aliphatic imine (C=N–C) groups is 1. The fourth-order valence-electron chi connectivity index (χ4n) is 4.61. The summed E-state index contributed by atoms with van der Waals surface area (Å²) < 4.78 is 18.1. The Bertz CT molecular complexity index is 1410. The Balaban J connectivity index is 1.81. The zero-order valence-electron chi connectivity index (χ0n) is 22.7. The predicted octanol–water partition coefficient (Wildman–Crippen LogP) is 5.80. The Morgan fingerprint density at radius 3 is 2.61 bits per heavy atom. The van der Waals surface area contributed by atoms with Gasteiger partial charge in [-0.3, -0.25) is 4.79 Å². The number of azide groups is 1. The van der Waals surface area contributed by atoms with Gasteiger partial charge in [-0.1, -0.05) is 63.5 Å². The number of amides is 1. The Hall–Kier alpha value is -3.89. The van der Waals surface area contributed by atoms with Gasteiger partial charge in [0.1, 0.15) is 5.75 Å². The molecule has 2 N–H and O–H groups in total. The molecule has 41 heavy (non-hydrogen) atoms. The molecule has 0 saturated heterocycles. The molecule has 0 aromatic heterocycles. The largest absolute Gasteiger partial charge is 0.494 e. The van der Waals surface area contributed by atoms with E-state index < -0.39 is 11.6 Å². The molecule has 3 aromatic carbocycles. The van der Waals surface area contributed by atoms with E-state index in [0.29, 0.717) is 61.1 Å². The second-order valence-corrected chi connectivity index (χ2v) is 10.3. The van der Waals surface area contributed by atoms with Crippen LogP contribution in [0, 0.1) is 0 Å². The molecule has 1 amide bonds. The minimum Gasteiger partial charge on any atom is -0.494 e. The molecule has 0 spiro atoms. The third-order valence-electron chi connectivity index (χ3n) is 6.63. The molecular formula is C30H32BrN5O5. The summed E-state index contributed by atoms with van der Waals surface area (Å²) >= 11 is 3.64. The van der Waals surface area contributed by atoms with Crippen molar-refractivity contribution in [3.05, 3.63) is 104 Å². The number of hydrogen-bond donors (Lipinski definition) is 2. The molecule has 0 unspecified atom stereocenters. The van der Waals surface area contributed by atoms with Gasteiger partial charge in [0.2, 0.25) is 5.90 Å². The summed E-state index contributed by atoms with van der Waals surface area (Å²) in [5.74, 6) is 0.638. The number of nitrogens with one attached hydrogen (secondary N) is 1. The lowest BCUT2D eigenvalue weighted by Crippen LogP contribution is -2.50. The number of carbonyl (C=O) groups excluding carboxylic acids is 1. The van der Waals surface area contributed by atoms with Crippen LogP contribution in [-0.4, -0.2) is 55.9 Å². The highest BCUT2D eigenvalue weighted by molar-refractivity contribution is 9.10. The van der Waals surface area contributed by atoms with Crippen molar-refractivity contribution < 1.29 is 24.1 Å². The fourth-order valence-corrected chi connectivity index (χ4v) is 5.11. The molecule has 1 aliphatic heterocycles. The minimum atomic E-state index is -1.43. The second kappa shape index (κ2) is 14.7. The molecule has 0 fully saturated rings. The topological polar surface area (TPSA) is 138 Å². The molecule has 11 heteroatoms. The lowest BCUT2D eigenvalue weighted by Gasteiger charge is -2.31. The third kappa shape index (κ3) is 7.25. The van der Waals surface area contributed by atoms with Gasteiger partial charge >= 0.3 is 0 Å². The van der Waals surface area contributed by atoms with E-state index in [0.717, 1.165) is 10.0 Å². The highest BCUT2D eigenvalue weighted by Gasteiger charge is 2.53. The van der Waals surface area contributed by atoms with Crippen LogP contribution in [0.1, 0.15) is 35.6 Å². The number of hydrogen-bond acceptors (Lipinski definition) is 7. The number of benzene rings is 3. The first-order chi connectivity index (χ1) is 20.0. The second-order valence-electron chi connectivity index (χ2n) is 9.41. The van der Waals surface area contributed by atoms with Gasteiger partial charge < -0.3 is 24.6 Å². The molecule has 10 nitrogen and oxygen atoms in total. The normalized spacial score (nSPS) is 17.7. The highest BCUT2D eigenvalue weighted by Crippen LogP contribution is 2.45. The zero-order valence-corrected chi connectivity index (χ0v) is 24.3. The summed E-state index contributed by atoms with van der Waals surface area (Å²) in [4.78, 5) is 22.2. The van der Waals surface area contributed by atoms with Crippen molar-refractivity contribution in [1.82, 2.24) is 5.32 Å². The molecule has 1 heterocycles. The maximum Gasteiger partial charge on any atom is 0.252 e. The van der Waals surface area contributed by atoms with E-state index in [2.05, 4.69) is 31.3 Å². The predicted molar refractivity (Wildman–Crippen MR) is 159 cm³/mol. The molecule has 4 rings (SSSR count). The summed E-state index contributed by atoms with van der Waals surface area (Å²) in [6.45, 7) is 1.34. The van der Waals surface area contributed by atoms with E-state index in [-0.39, 0.29) is 18.9 Å². The van der Waals surface area contributed by atoms with Gasteiger partial charge in [-0.2, -0.15) is 0 Å². The standard InChI is InChI=1S/C30H32BrN5O5/c1-39-18-6-16-33-29(38)30(20-22-8-2-5-11-26(22)35-36-32)27(24-9-3-4-10-25(24)31)41-28(34-30)21-12-14-23(15-13-21)40-19-7-17-37/h2-5,8-15,27,37H,6-7,16-20H2,1H3,(H,33,38)/t27-,30-/m1/s1. The van der Waals surface area contributed by atoms with E-state index in [1.807, 2.05) is 48.5 Å². The first kappa shape index (κ1) is 30.1. The summed E-state index contributed by atoms with van der Waals surface area (Å²) in [7, 11) is 1.61. The Kier molecular flexibility index (Phi) is 10.8. The SMILES string of the molecule is COCCCNC(=O)[C@]1(Cc2ccccc2N=[N+]=[N-])N=C(c2ccc(OCCCO)cc2)O[C@@H]1c1ccccc1Br. The van der Waals surface area contributed by atoms with Crippen molar-refractivity contribution in [2.45, 2.75) is 30.9 Å². The minimum absolute atomic E-state index is 0.0532. The van der Waals surface area contributed by atoms with E-state index in [1.165, 1.54) is 0 Å². The summed E-state index contributed by atoms with van der Waals surface area (Å²) in [5, 5.41) is 15.9. The summed E-state index contributed by atoms with van der Waals surface area (Å²) in [6, 6.07) is 22.0. The quantitative estimate of drug-likeness (QED) is 0.101. The van der Waals surface area contributed by atoms with Crippen LogP contribution in [0.15, 0.2) is 87.4 Å². The van der Waals surface area contributed by atoms with Crippen molar-refractivity contribution in [3.8, 4) is 5.75 Å². The van der Waals surface area contributed by atoms with E-state index >= 15 is 0 Å². The molecular weight excluding hydrogens is 590 g/mol. The number of methoxy groups -OCH3 is 1.